The van der Waals surface area contributed by atoms with E-state index in [1.165, 1.54) is 42.8 Å². The van der Waals surface area contributed by atoms with Crippen molar-refractivity contribution < 1.29 is 0 Å². The van der Waals surface area contributed by atoms with Gasteiger partial charge in [0.1, 0.15) is 0 Å². The van der Waals surface area contributed by atoms with Crippen LogP contribution in [0.3, 0.4) is 0 Å². The minimum absolute atomic E-state index is 1.11. The summed E-state index contributed by atoms with van der Waals surface area (Å²) in [6, 6.07) is 13.7. The fraction of sp³-hybridized carbons (Fsp3) is 0.176. The SMILES string of the molecule is Cc1ccc2c(c1)Cc1c-2sc2cc(C)ccc12. The van der Waals surface area contributed by atoms with E-state index < -0.39 is 0 Å². The van der Waals surface area contributed by atoms with E-state index >= 15 is 0 Å². The summed E-state index contributed by atoms with van der Waals surface area (Å²) in [4.78, 5) is 1.49. The first-order chi connectivity index (χ1) is 8.72. The highest BCUT2D eigenvalue weighted by Gasteiger charge is 2.23. The molecule has 1 aliphatic carbocycles. The van der Waals surface area contributed by atoms with Gasteiger partial charge in [0.15, 0.2) is 0 Å². The highest BCUT2D eigenvalue weighted by molar-refractivity contribution is 7.22. The number of hydrogen-bond donors (Lipinski definition) is 0. The molecule has 3 aromatic rings. The molecule has 1 heteroatoms. The molecule has 0 N–H and O–H groups in total. The summed E-state index contributed by atoms with van der Waals surface area (Å²) in [7, 11) is 0. The molecule has 0 unspecified atom stereocenters. The van der Waals surface area contributed by atoms with Crippen LogP contribution in [0, 0.1) is 13.8 Å². The van der Waals surface area contributed by atoms with Gasteiger partial charge in [0, 0.05) is 16.0 Å². The molecule has 18 heavy (non-hydrogen) atoms. The maximum Gasteiger partial charge on any atom is 0.0393 e. The molecule has 4 rings (SSSR count). The van der Waals surface area contributed by atoms with Gasteiger partial charge in [0.25, 0.3) is 0 Å². The first-order valence-corrected chi connectivity index (χ1v) is 7.16. The Bertz CT molecular complexity index is 778. The minimum Gasteiger partial charge on any atom is -0.135 e. The lowest BCUT2D eigenvalue weighted by molar-refractivity contribution is 1.27. The zero-order valence-corrected chi connectivity index (χ0v) is 11.4. The zero-order chi connectivity index (χ0) is 12.3. The van der Waals surface area contributed by atoms with Crippen molar-refractivity contribution in [2.45, 2.75) is 20.3 Å². The third-order valence-corrected chi connectivity index (χ3v) is 5.05. The predicted octanol–water partition coefficient (Wildman–Crippen LogP) is 5.09. The van der Waals surface area contributed by atoms with E-state index in [4.69, 9.17) is 0 Å². The molecule has 0 nitrogen and oxygen atoms in total. The van der Waals surface area contributed by atoms with E-state index in [-0.39, 0.29) is 0 Å². The van der Waals surface area contributed by atoms with Crippen LogP contribution in [0.25, 0.3) is 20.5 Å². The van der Waals surface area contributed by atoms with E-state index in [1.807, 2.05) is 11.3 Å². The second kappa shape index (κ2) is 3.46. The molecule has 0 bridgehead atoms. The van der Waals surface area contributed by atoms with Crippen molar-refractivity contribution in [3.05, 3.63) is 58.7 Å². The van der Waals surface area contributed by atoms with E-state index in [2.05, 4.69) is 50.2 Å². The van der Waals surface area contributed by atoms with Crippen LogP contribution >= 0.6 is 11.3 Å². The Morgan fingerprint density at radius 3 is 2.61 bits per heavy atom. The van der Waals surface area contributed by atoms with Crippen molar-refractivity contribution in [3.8, 4) is 10.4 Å². The molecular weight excluding hydrogens is 236 g/mol. The number of thiophene rings is 1. The van der Waals surface area contributed by atoms with E-state index in [0.717, 1.165) is 6.42 Å². The lowest BCUT2D eigenvalue weighted by Crippen LogP contribution is -1.82. The summed E-state index contributed by atoms with van der Waals surface area (Å²) in [5.74, 6) is 0. The van der Waals surface area contributed by atoms with Crippen LogP contribution in [-0.4, -0.2) is 0 Å². The molecule has 1 aromatic heterocycles. The molecule has 1 aliphatic rings. The Kier molecular flexibility index (Phi) is 1.98. The summed E-state index contributed by atoms with van der Waals surface area (Å²) in [5.41, 5.74) is 7.21. The number of benzene rings is 2. The summed E-state index contributed by atoms with van der Waals surface area (Å²) in [5, 5.41) is 1.45. The number of hydrogen-bond acceptors (Lipinski definition) is 1. The topological polar surface area (TPSA) is 0 Å². The Balaban J connectivity index is 2.04. The highest BCUT2D eigenvalue weighted by atomic mass is 32.1. The molecule has 0 fully saturated rings. The highest BCUT2D eigenvalue weighted by Crippen LogP contribution is 2.46. The Morgan fingerprint density at radius 1 is 0.944 bits per heavy atom. The van der Waals surface area contributed by atoms with Gasteiger partial charge < -0.3 is 0 Å². The van der Waals surface area contributed by atoms with Gasteiger partial charge in [-0.15, -0.1) is 11.3 Å². The molecule has 0 spiro atoms. The van der Waals surface area contributed by atoms with Crippen LogP contribution in [0.2, 0.25) is 0 Å². The smallest absolute Gasteiger partial charge is 0.0393 e. The van der Waals surface area contributed by atoms with Gasteiger partial charge in [-0.3, -0.25) is 0 Å². The Hall–Kier alpha value is -1.60. The van der Waals surface area contributed by atoms with Gasteiger partial charge in [-0.1, -0.05) is 35.9 Å². The minimum atomic E-state index is 1.11. The Labute approximate surface area is 111 Å². The number of rotatable bonds is 0. The third kappa shape index (κ3) is 1.31. The van der Waals surface area contributed by atoms with Gasteiger partial charge in [-0.25, -0.2) is 0 Å². The van der Waals surface area contributed by atoms with Crippen molar-refractivity contribution in [3.63, 3.8) is 0 Å². The molecule has 0 amide bonds. The van der Waals surface area contributed by atoms with E-state index in [9.17, 15) is 0 Å². The predicted molar refractivity (Wildman–Crippen MR) is 79.5 cm³/mol. The maximum absolute atomic E-state index is 2.34. The largest absolute Gasteiger partial charge is 0.135 e. The van der Waals surface area contributed by atoms with Gasteiger partial charge in [-0.05, 0) is 47.6 Å². The summed E-state index contributed by atoms with van der Waals surface area (Å²) in [6.07, 6.45) is 1.11. The first-order valence-electron chi connectivity index (χ1n) is 6.34. The van der Waals surface area contributed by atoms with Gasteiger partial charge in [0.2, 0.25) is 0 Å². The second-order valence-corrected chi connectivity index (χ2v) is 6.30. The molecular formula is C17H14S. The molecule has 2 aromatic carbocycles. The fourth-order valence-electron chi connectivity index (χ4n) is 2.93. The molecule has 1 heterocycles. The molecule has 0 radical (unpaired) electrons. The number of fused-ring (bicyclic) bond motifs is 5. The fourth-order valence-corrected chi connectivity index (χ4v) is 4.31. The van der Waals surface area contributed by atoms with Crippen molar-refractivity contribution in [2.24, 2.45) is 0 Å². The van der Waals surface area contributed by atoms with Crippen molar-refractivity contribution in [1.29, 1.82) is 0 Å². The van der Waals surface area contributed by atoms with E-state index in [0.29, 0.717) is 0 Å². The second-order valence-electron chi connectivity index (χ2n) is 5.25. The van der Waals surface area contributed by atoms with Crippen LogP contribution in [-0.2, 0) is 6.42 Å². The molecule has 88 valence electrons. The standard InChI is InChI=1S/C17H14S/c1-10-3-5-13-12(7-10)9-15-14-6-4-11(2)8-16(14)18-17(13)15/h3-8H,9H2,1-2H3. The quantitative estimate of drug-likeness (QED) is 0.408. The zero-order valence-electron chi connectivity index (χ0n) is 10.6. The lowest BCUT2D eigenvalue weighted by atomic mass is 10.1. The van der Waals surface area contributed by atoms with Gasteiger partial charge >= 0.3 is 0 Å². The van der Waals surface area contributed by atoms with Crippen LogP contribution in [0.15, 0.2) is 36.4 Å². The van der Waals surface area contributed by atoms with Gasteiger partial charge in [0.05, 0.1) is 0 Å². The van der Waals surface area contributed by atoms with Crippen LogP contribution in [0.1, 0.15) is 22.3 Å². The van der Waals surface area contributed by atoms with Crippen molar-refractivity contribution in [2.75, 3.05) is 0 Å². The Morgan fingerprint density at radius 2 is 1.72 bits per heavy atom. The normalized spacial score (nSPS) is 12.8. The van der Waals surface area contributed by atoms with Crippen LogP contribution in [0.5, 0.6) is 0 Å². The summed E-state index contributed by atoms with van der Waals surface area (Å²) < 4.78 is 1.44. The summed E-state index contributed by atoms with van der Waals surface area (Å²) in [6.45, 7) is 4.34. The lowest BCUT2D eigenvalue weighted by Gasteiger charge is -2.01. The molecule has 0 saturated heterocycles. The maximum atomic E-state index is 2.34. The van der Waals surface area contributed by atoms with Crippen LogP contribution < -0.4 is 0 Å². The van der Waals surface area contributed by atoms with E-state index in [1.54, 1.807) is 0 Å². The monoisotopic (exact) mass is 250 g/mol. The molecule has 0 saturated carbocycles. The average Bonchev–Trinajstić information content (AvgIpc) is 2.83. The average molecular weight is 250 g/mol. The van der Waals surface area contributed by atoms with Crippen molar-refractivity contribution in [1.82, 2.24) is 0 Å². The molecule has 0 aliphatic heterocycles. The first kappa shape index (κ1) is 10.3. The summed E-state index contributed by atoms with van der Waals surface area (Å²) >= 11 is 1.95. The van der Waals surface area contributed by atoms with Crippen molar-refractivity contribution >= 4 is 21.4 Å². The van der Waals surface area contributed by atoms with Crippen LogP contribution in [0.4, 0.5) is 0 Å². The molecule has 0 atom stereocenters. The van der Waals surface area contributed by atoms with Gasteiger partial charge in [-0.2, -0.15) is 0 Å². The number of aryl methyl sites for hydroxylation is 2. The third-order valence-electron chi connectivity index (χ3n) is 3.82.